The SMILES string of the molecule is O=C(NC(Cc1ccccc1)C(=O)NN=Cc1c(O)ccc2ccccc12)OCc1ccccc1. The summed E-state index contributed by atoms with van der Waals surface area (Å²) in [5, 5.41) is 18.7. The van der Waals surface area contributed by atoms with E-state index in [2.05, 4.69) is 15.8 Å². The minimum absolute atomic E-state index is 0.0464. The summed E-state index contributed by atoms with van der Waals surface area (Å²) >= 11 is 0. The number of benzene rings is 4. The van der Waals surface area contributed by atoms with E-state index in [9.17, 15) is 14.7 Å². The van der Waals surface area contributed by atoms with Gasteiger partial charge in [0.15, 0.2) is 0 Å². The number of fused-ring (bicyclic) bond motifs is 1. The molecule has 0 fully saturated rings. The van der Waals surface area contributed by atoms with E-state index in [0.717, 1.165) is 21.9 Å². The number of alkyl carbamates (subject to hydrolysis) is 1. The van der Waals surface area contributed by atoms with Crippen molar-refractivity contribution in [2.24, 2.45) is 5.10 Å². The molecule has 0 aliphatic carbocycles. The second-order valence-corrected chi connectivity index (χ2v) is 7.90. The molecule has 0 spiro atoms. The van der Waals surface area contributed by atoms with Crippen molar-refractivity contribution in [3.05, 3.63) is 114 Å². The van der Waals surface area contributed by atoms with Crippen LogP contribution in [0.15, 0.2) is 102 Å². The maximum absolute atomic E-state index is 12.9. The van der Waals surface area contributed by atoms with Gasteiger partial charge in [-0.05, 0) is 28.0 Å². The van der Waals surface area contributed by atoms with Crippen LogP contribution in [0.1, 0.15) is 16.7 Å². The number of hydrogen-bond acceptors (Lipinski definition) is 5. The van der Waals surface area contributed by atoms with Crippen LogP contribution >= 0.6 is 0 Å². The third-order valence-electron chi connectivity index (χ3n) is 5.42. The van der Waals surface area contributed by atoms with Crippen LogP contribution in [-0.2, 0) is 22.6 Å². The van der Waals surface area contributed by atoms with Crippen molar-refractivity contribution < 1.29 is 19.4 Å². The number of hydrazone groups is 1. The zero-order valence-corrected chi connectivity index (χ0v) is 18.9. The van der Waals surface area contributed by atoms with Crippen LogP contribution in [0.25, 0.3) is 10.8 Å². The molecular formula is C28H25N3O4. The Morgan fingerprint density at radius 2 is 1.51 bits per heavy atom. The number of carbonyl (C=O) groups is 2. The van der Waals surface area contributed by atoms with Crippen molar-refractivity contribution in [2.45, 2.75) is 19.1 Å². The number of aromatic hydroxyl groups is 1. The van der Waals surface area contributed by atoms with Crippen molar-refractivity contribution in [2.75, 3.05) is 0 Å². The zero-order chi connectivity index (χ0) is 24.5. The number of ether oxygens (including phenoxy) is 1. The molecule has 35 heavy (non-hydrogen) atoms. The molecule has 0 aliphatic rings. The molecule has 4 aromatic carbocycles. The van der Waals surface area contributed by atoms with Crippen molar-refractivity contribution in [3.8, 4) is 5.75 Å². The number of phenols is 1. The predicted octanol–water partition coefficient (Wildman–Crippen LogP) is 4.53. The van der Waals surface area contributed by atoms with E-state index >= 15 is 0 Å². The smallest absolute Gasteiger partial charge is 0.408 e. The fourth-order valence-electron chi connectivity index (χ4n) is 3.62. The summed E-state index contributed by atoms with van der Waals surface area (Å²) in [6.45, 7) is 0.0882. The first kappa shape index (κ1) is 23.5. The Balaban J connectivity index is 1.45. The molecule has 0 bridgehead atoms. The average Bonchev–Trinajstić information content (AvgIpc) is 2.89. The second kappa shape index (κ2) is 11.5. The van der Waals surface area contributed by atoms with Gasteiger partial charge in [-0.25, -0.2) is 10.2 Å². The maximum atomic E-state index is 12.9. The highest BCUT2D eigenvalue weighted by Crippen LogP contribution is 2.25. The number of rotatable bonds is 8. The lowest BCUT2D eigenvalue weighted by Crippen LogP contribution is -2.47. The van der Waals surface area contributed by atoms with Gasteiger partial charge in [-0.15, -0.1) is 0 Å². The molecule has 1 atom stereocenters. The maximum Gasteiger partial charge on any atom is 0.408 e. The van der Waals surface area contributed by atoms with Crippen LogP contribution in [0.2, 0.25) is 0 Å². The third kappa shape index (κ3) is 6.45. The highest BCUT2D eigenvalue weighted by Gasteiger charge is 2.22. The van der Waals surface area contributed by atoms with Crippen LogP contribution in [0.4, 0.5) is 4.79 Å². The molecule has 4 aromatic rings. The molecule has 7 nitrogen and oxygen atoms in total. The third-order valence-corrected chi connectivity index (χ3v) is 5.42. The van der Waals surface area contributed by atoms with Crippen LogP contribution in [0, 0.1) is 0 Å². The van der Waals surface area contributed by atoms with Gasteiger partial charge in [0.25, 0.3) is 5.91 Å². The van der Waals surface area contributed by atoms with Gasteiger partial charge in [-0.1, -0.05) is 91.0 Å². The summed E-state index contributed by atoms with van der Waals surface area (Å²) in [6.07, 6.45) is 0.936. The fourth-order valence-corrected chi connectivity index (χ4v) is 3.62. The van der Waals surface area contributed by atoms with E-state index in [-0.39, 0.29) is 18.8 Å². The van der Waals surface area contributed by atoms with Crippen LogP contribution in [0.3, 0.4) is 0 Å². The molecule has 4 rings (SSSR count). The molecule has 176 valence electrons. The monoisotopic (exact) mass is 467 g/mol. The van der Waals surface area contributed by atoms with Gasteiger partial charge in [0.1, 0.15) is 18.4 Å². The van der Waals surface area contributed by atoms with Crippen molar-refractivity contribution in [1.29, 1.82) is 0 Å². The summed E-state index contributed by atoms with van der Waals surface area (Å²) in [7, 11) is 0. The highest BCUT2D eigenvalue weighted by molar-refractivity contribution is 6.02. The van der Waals surface area contributed by atoms with Crippen LogP contribution in [0.5, 0.6) is 5.75 Å². The Kier molecular flexibility index (Phi) is 7.70. The topological polar surface area (TPSA) is 100 Å². The number of phenolic OH excluding ortho intramolecular Hbond substituents is 1. The first-order valence-electron chi connectivity index (χ1n) is 11.1. The van der Waals surface area contributed by atoms with Gasteiger partial charge >= 0.3 is 6.09 Å². The van der Waals surface area contributed by atoms with E-state index in [1.165, 1.54) is 6.21 Å². The Hall–Kier alpha value is -4.65. The lowest BCUT2D eigenvalue weighted by atomic mass is 10.0. The molecule has 3 N–H and O–H groups in total. The van der Waals surface area contributed by atoms with Crippen LogP contribution in [-0.4, -0.2) is 29.4 Å². The molecule has 0 saturated carbocycles. The summed E-state index contributed by atoms with van der Waals surface area (Å²) in [5.74, 6) is -0.466. The summed E-state index contributed by atoms with van der Waals surface area (Å²) < 4.78 is 5.28. The molecule has 0 saturated heterocycles. The number of nitrogens with zero attached hydrogens (tertiary/aromatic N) is 1. The second-order valence-electron chi connectivity index (χ2n) is 7.90. The minimum atomic E-state index is -0.918. The van der Waals surface area contributed by atoms with Gasteiger partial charge in [0.2, 0.25) is 0 Å². The number of carbonyl (C=O) groups excluding carboxylic acids is 2. The Bertz CT molecular complexity index is 1320. The van der Waals surface area contributed by atoms with Crippen molar-refractivity contribution in [3.63, 3.8) is 0 Å². The standard InChI is InChI=1S/C28H25N3O4/c32-26-16-15-22-13-7-8-14-23(22)24(26)18-29-31-27(33)25(17-20-9-3-1-4-10-20)30-28(34)35-19-21-11-5-2-6-12-21/h1-16,18,25,32H,17,19H2,(H,30,34)(H,31,33). The molecule has 2 amide bonds. The van der Waals surface area contributed by atoms with Gasteiger partial charge in [-0.3, -0.25) is 4.79 Å². The van der Waals surface area contributed by atoms with Gasteiger partial charge in [-0.2, -0.15) is 5.10 Å². The zero-order valence-electron chi connectivity index (χ0n) is 18.9. The number of amides is 2. The first-order valence-corrected chi connectivity index (χ1v) is 11.1. The molecule has 0 heterocycles. The number of hydrogen-bond donors (Lipinski definition) is 3. The van der Waals surface area contributed by atoms with Crippen LogP contribution < -0.4 is 10.7 Å². The van der Waals surface area contributed by atoms with E-state index in [0.29, 0.717) is 5.56 Å². The number of nitrogens with one attached hydrogen (secondary N) is 2. The average molecular weight is 468 g/mol. The largest absolute Gasteiger partial charge is 0.507 e. The summed E-state index contributed by atoms with van der Waals surface area (Å²) in [6, 6.07) is 28.6. The Morgan fingerprint density at radius 1 is 0.857 bits per heavy atom. The molecule has 0 radical (unpaired) electrons. The molecule has 7 heteroatoms. The lowest BCUT2D eigenvalue weighted by Gasteiger charge is -2.17. The van der Waals surface area contributed by atoms with Crippen molar-refractivity contribution >= 4 is 29.0 Å². The van der Waals surface area contributed by atoms with Crippen molar-refractivity contribution in [1.82, 2.24) is 10.7 Å². The fraction of sp³-hybridized carbons (Fsp3) is 0.107. The lowest BCUT2D eigenvalue weighted by molar-refractivity contribution is -0.123. The van der Waals surface area contributed by atoms with Gasteiger partial charge < -0.3 is 15.2 Å². The molecular weight excluding hydrogens is 442 g/mol. The normalized spacial score (nSPS) is 11.8. The van der Waals surface area contributed by atoms with E-state index in [4.69, 9.17) is 4.74 Å². The Labute approximate surface area is 203 Å². The minimum Gasteiger partial charge on any atom is -0.507 e. The van der Waals surface area contributed by atoms with E-state index < -0.39 is 18.0 Å². The highest BCUT2D eigenvalue weighted by atomic mass is 16.5. The Morgan fingerprint density at radius 3 is 2.26 bits per heavy atom. The van der Waals surface area contributed by atoms with E-state index in [1.807, 2.05) is 84.9 Å². The van der Waals surface area contributed by atoms with Gasteiger partial charge in [0, 0.05) is 12.0 Å². The van der Waals surface area contributed by atoms with Gasteiger partial charge in [0.05, 0.1) is 6.21 Å². The van der Waals surface area contributed by atoms with E-state index in [1.54, 1.807) is 12.1 Å². The quantitative estimate of drug-likeness (QED) is 0.262. The summed E-state index contributed by atoms with van der Waals surface area (Å²) in [4.78, 5) is 25.4. The summed E-state index contributed by atoms with van der Waals surface area (Å²) in [5.41, 5.74) is 4.66. The molecule has 1 unspecified atom stereocenters. The molecule has 0 aromatic heterocycles. The molecule has 0 aliphatic heterocycles. The predicted molar refractivity (Wildman–Crippen MR) is 135 cm³/mol. The first-order chi connectivity index (χ1) is 17.1.